The van der Waals surface area contributed by atoms with Crippen molar-refractivity contribution in [2.45, 2.75) is 13.0 Å². The molecule has 0 bridgehead atoms. The molecular formula is C12H16N4O3. The fourth-order valence-corrected chi connectivity index (χ4v) is 2.24. The van der Waals surface area contributed by atoms with Crippen molar-refractivity contribution in [1.82, 2.24) is 5.32 Å². The molecular weight excluding hydrogens is 248 g/mol. The van der Waals surface area contributed by atoms with Gasteiger partial charge in [0.05, 0.1) is 4.92 Å². The van der Waals surface area contributed by atoms with E-state index in [0.29, 0.717) is 18.8 Å². The molecule has 7 heteroatoms. The number of rotatable bonds is 3. The van der Waals surface area contributed by atoms with Crippen LogP contribution in [0.1, 0.15) is 17.3 Å². The van der Waals surface area contributed by atoms with Crippen LogP contribution in [0, 0.1) is 10.1 Å². The Bertz CT molecular complexity index is 518. The number of nitrogens with two attached hydrogens (primary N) is 1. The maximum atomic E-state index is 11.1. The van der Waals surface area contributed by atoms with Crippen LogP contribution < -0.4 is 16.0 Å². The van der Waals surface area contributed by atoms with Crippen LogP contribution in [-0.2, 0) is 0 Å². The monoisotopic (exact) mass is 264 g/mol. The Balaban J connectivity index is 2.38. The van der Waals surface area contributed by atoms with E-state index in [2.05, 4.69) is 5.32 Å². The van der Waals surface area contributed by atoms with E-state index in [0.717, 1.165) is 6.54 Å². The summed E-state index contributed by atoms with van der Waals surface area (Å²) >= 11 is 0. The van der Waals surface area contributed by atoms with Gasteiger partial charge >= 0.3 is 0 Å². The predicted molar refractivity (Wildman–Crippen MR) is 71.3 cm³/mol. The standard InChI is InChI=1S/C12H16N4O3/c1-8-7-15(5-4-14-8)10-3-2-9(12(13)17)6-11(10)16(18)19/h2-3,6,8,14H,4-5,7H2,1H3,(H2,13,17). The van der Waals surface area contributed by atoms with Crippen LogP contribution in [0.15, 0.2) is 18.2 Å². The predicted octanol–water partition coefficient (Wildman–Crippen LogP) is 0.492. The van der Waals surface area contributed by atoms with Crippen molar-refractivity contribution < 1.29 is 9.72 Å². The minimum Gasteiger partial charge on any atom is -0.366 e. The van der Waals surface area contributed by atoms with Gasteiger partial charge in [0, 0.05) is 37.3 Å². The lowest BCUT2D eigenvalue weighted by atomic mass is 10.1. The lowest BCUT2D eigenvalue weighted by molar-refractivity contribution is -0.384. The third-order valence-electron chi connectivity index (χ3n) is 3.17. The normalized spacial score (nSPS) is 19.2. The van der Waals surface area contributed by atoms with E-state index in [1.807, 2.05) is 11.8 Å². The largest absolute Gasteiger partial charge is 0.366 e. The number of nitro groups is 1. The van der Waals surface area contributed by atoms with Gasteiger partial charge in [0.25, 0.3) is 5.69 Å². The third kappa shape index (κ3) is 2.82. The van der Waals surface area contributed by atoms with Gasteiger partial charge in [-0.15, -0.1) is 0 Å². The minimum atomic E-state index is -0.664. The number of nitrogens with zero attached hydrogens (tertiary/aromatic N) is 2. The van der Waals surface area contributed by atoms with E-state index in [1.165, 1.54) is 12.1 Å². The molecule has 1 aromatic carbocycles. The van der Waals surface area contributed by atoms with Gasteiger partial charge in [0.1, 0.15) is 5.69 Å². The van der Waals surface area contributed by atoms with Crippen molar-refractivity contribution in [3.63, 3.8) is 0 Å². The Morgan fingerprint density at radius 3 is 2.89 bits per heavy atom. The summed E-state index contributed by atoms with van der Waals surface area (Å²) < 4.78 is 0. The molecule has 0 spiro atoms. The molecule has 1 aromatic rings. The quantitative estimate of drug-likeness (QED) is 0.611. The summed E-state index contributed by atoms with van der Waals surface area (Å²) in [5, 5.41) is 14.4. The Morgan fingerprint density at radius 2 is 2.32 bits per heavy atom. The molecule has 1 amide bonds. The average Bonchev–Trinajstić information content (AvgIpc) is 2.37. The number of primary amides is 1. The van der Waals surface area contributed by atoms with E-state index in [9.17, 15) is 14.9 Å². The van der Waals surface area contributed by atoms with Crippen molar-refractivity contribution in [2.75, 3.05) is 24.5 Å². The molecule has 1 aliphatic rings. The number of nitro benzene ring substituents is 1. The lowest BCUT2D eigenvalue weighted by Gasteiger charge is -2.33. The zero-order valence-corrected chi connectivity index (χ0v) is 10.6. The second kappa shape index (κ2) is 5.23. The van der Waals surface area contributed by atoms with Crippen molar-refractivity contribution >= 4 is 17.3 Å². The number of hydrogen-bond acceptors (Lipinski definition) is 5. The topological polar surface area (TPSA) is 102 Å². The van der Waals surface area contributed by atoms with Gasteiger partial charge in [-0.2, -0.15) is 0 Å². The van der Waals surface area contributed by atoms with Gasteiger partial charge in [0.15, 0.2) is 0 Å². The number of nitrogens with one attached hydrogen (secondary N) is 1. The molecule has 0 saturated carbocycles. The molecule has 0 aliphatic carbocycles. The molecule has 3 N–H and O–H groups in total. The first kappa shape index (κ1) is 13.3. The second-order valence-corrected chi connectivity index (χ2v) is 4.63. The highest BCUT2D eigenvalue weighted by molar-refractivity contribution is 5.94. The summed E-state index contributed by atoms with van der Waals surface area (Å²) in [6.45, 7) is 4.18. The van der Waals surface area contributed by atoms with Crippen molar-refractivity contribution in [1.29, 1.82) is 0 Å². The SMILES string of the molecule is CC1CN(c2ccc(C(N)=O)cc2[N+](=O)[O-])CCN1. The smallest absolute Gasteiger partial charge is 0.293 e. The Morgan fingerprint density at radius 1 is 1.58 bits per heavy atom. The zero-order chi connectivity index (χ0) is 14.0. The number of carbonyl (C=O) groups excluding carboxylic acids is 1. The van der Waals surface area contributed by atoms with Crippen LogP contribution in [0.5, 0.6) is 0 Å². The number of benzene rings is 1. The molecule has 2 rings (SSSR count). The lowest BCUT2D eigenvalue weighted by Crippen LogP contribution is -2.49. The fourth-order valence-electron chi connectivity index (χ4n) is 2.24. The molecule has 102 valence electrons. The zero-order valence-electron chi connectivity index (χ0n) is 10.6. The second-order valence-electron chi connectivity index (χ2n) is 4.63. The molecule has 1 aliphatic heterocycles. The summed E-state index contributed by atoms with van der Waals surface area (Å²) in [4.78, 5) is 23.7. The van der Waals surface area contributed by atoms with Gasteiger partial charge in [-0.05, 0) is 19.1 Å². The van der Waals surface area contributed by atoms with Crippen LogP contribution in [0.25, 0.3) is 0 Å². The first-order valence-corrected chi connectivity index (χ1v) is 6.05. The molecule has 1 unspecified atom stereocenters. The van der Waals surface area contributed by atoms with Gasteiger partial charge in [-0.1, -0.05) is 0 Å². The highest BCUT2D eigenvalue weighted by Crippen LogP contribution is 2.29. The maximum Gasteiger partial charge on any atom is 0.293 e. The highest BCUT2D eigenvalue weighted by Gasteiger charge is 2.24. The summed E-state index contributed by atoms with van der Waals surface area (Å²) in [6.07, 6.45) is 0. The third-order valence-corrected chi connectivity index (χ3v) is 3.17. The first-order chi connectivity index (χ1) is 8.99. The van der Waals surface area contributed by atoms with Crippen LogP contribution in [0.2, 0.25) is 0 Å². The fraction of sp³-hybridized carbons (Fsp3) is 0.417. The summed E-state index contributed by atoms with van der Waals surface area (Å²) in [7, 11) is 0. The number of anilines is 1. The molecule has 19 heavy (non-hydrogen) atoms. The van der Waals surface area contributed by atoms with Crippen LogP contribution in [0.3, 0.4) is 0 Å². The Kier molecular flexibility index (Phi) is 3.66. The summed E-state index contributed by atoms with van der Waals surface area (Å²) in [5.74, 6) is -0.664. The first-order valence-electron chi connectivity index (χ1n) is 6.05. The number of piperazine rings is 1. The van der Waals surface area contributed by atoms with Crippen LogP contribution in [0.4, 0.5) is 11.4 Å². The number of hydrogen-bond donors (Lipinski definition) is 2. The van der Waals surface area contributed by atoms with Crippen LogP contribution in [-0.4, -0.2) is 36.5 Å². The van der Waals surface area contributed by atoms with Crippen molar-refractivity contribution in [3.05, 3.63) is 33.9 Å². The van der Waals surface area contributed by atoms with Crippen LogP contribution >= 0.6 is 0 Å². The Hall–Kier alpha value is -2.15. The maximum absolute atomic E-state index is 11.1. The summed E-state index contributed by atoms with van der Waals surface area (Å²) in [6, 6.07) is 4.63. The minimum absolute atomic E-state index is 0.0783. The number of amides is 1. The van der Waals surface area contributed by atoms with E-state index < -0.39 is 10.8 Å². The molecule has 7 nitrogen and oxygen atoms in total. The van der Waals surface area contributed by atoms with Gasteiger partial charge < -0.3 is 16.0 Å². The highest BCUT2D eigenvalue weighted by atomic mass is 16.6. The molecule has 1 saturated heterocycles. The molecule has 1 fully saturated rings. The van der Waals surface area contributed by atoms with Gasteiger partial charge in [-0.25, -0.2) is 0 Å². The van der Waals surface area contributed by atoms with E-state index in [1.54, 1.807) is 6.07 Å². The van der Waals surface area contributed by atoms with E-state index >= 15 is 0 Å². The summed E-state index contributed by atoms with van der Waals surface area (Å²) in [5.41, 5.74) is 5.75. The van der Waals surface area contributed by atoms with E-state index in [-0.39, 0.29) is 17.3 Å². The Labute approximate surface area is 110 Å². The molecule has 1 heterocycles. The average molecular weight is 264 g/mol. The van der Waals surface area contributed by atoms with Gasteiger partial charge in [0.2, 0.25) is 5.91 Å². The molecule has 0 aromatic heterocycles. The van der Waals surface area contributed by atoms with Crippen molar-refractivity contribution in [3.8, 4) is 0 Å². The molecule has 1 atom stereocenters. The van der Waals surface area contributed by atoms with E-state index in [4.69, 9.17) is 5.73 Å². The number of carbonyl (C=O) groups is 1. The molecule has 0 radical (unpaired) electrons. The van der Waals surface area contributed by atoms with Crippen molar-refractivity contribution in [2.24, 2.45) is 5.73 Å². The van der Waals surface area contributed by atoms with Gasteiger partial charge in [-0.3, -0.25) is 14.9 Å².